The first-order valence-electron chi connectivity index (χ1n) is 10.8. The van der Waals surface area contributed by atoms with Crippen LogP contribution in [0.1, 0.15) is 30.6 Å². The topological polar surface area (TPSA) is 91.3 Å². The number of para-hydroxylation sites is 2. The lowest BCUT2D eigenvalue weighted by Gasteiger charge is -2.20. The Morgan fingerprint density at radius 2 is 2.06 bits per heavy atom. The minimum Gasteiger partial charge on any atom is -0.475 e. The number of hydrogen-bond acceptors (Lipinski definition) is 8. The van der Waals surface area contributed by atoms with Gasteiger partial charge < -0.3 is 18.6 Å². The predicted molar refractivity (Wildman–Crippen MR) is 118 cm³/mol. The summed E-state index contributed by atoms with van der Waals surface area (Å²) in [4.78, 5) is 16.1. The van der Waals surface area contributed by atoms with E-state index >= 15 is 0 Å². The second kappa shape index (κ2) is 9.05. The Morgan fingerprint density at radius 1 is 1.16 bits per heavy atom. The molecule has 0 spiro atoms. The molecule has 1 aliphatic heterocycles. The van der Waals surface area contributed by atoms with Gasteiger partial charge in [-0.1, -0.05) is 17.3 Å². The van der Waals surface area contributed by atoms with E-state index in [1.54, 1.807) is 13.3 Å². The number of ether oxygens (including phenoxy) is 2. The van der Waals surface area contributed by atoms with Gasteiger partial charge in [0.05, 0.1) is 30.2 Å². The van der Waals surface area contributed by atoms with Crippen LogP contribution in [-0.4, -0.2) is 56.4 Å². The first-order chi connectivity index (χ1) is 15.7. The lowest BCUT2D eigenvalue weighted by Crippen LogP contribution is -2.24. The average Bonchev–Trinajstić information content (AvgIpc) is 3.54. The number of fused-ring (bicyclic) bond motifs is 1. The van der Waals surface area contributed by atoms with Crippen LogP contribution >= 0.6 is 0 Å². The molecule has 0 bridgehead atoms. The maximum atomic E-state index is 5.69. The largest absolute Gasteiger partial charge is 0.475 e. The monoisotopic (exact) mass is 434 g/mol. The summed E-state index contributed by atoms with van der Waals surface area (Å²) >= 11 is 0. The molecule has 0 aliphatic carbocycles. The van der Waals surface area contributed by atoms with Crippen molar-refractivity contribution in [2.24, 2.45) is 7.05 Å². The molecule has 32 heavy (non-hydrogen) atoms. The Kier molecular flexibility index (Phi) is 5.83. The van der Waals surface area contributed by atoms with Crippen LogP contribution in [0.3, 0.4) is 0 Å². The van der Waals surface area contributed by atoms with Crippen LogP contribution in [0.15, 0.2) is 47.1 Å². The summed E-state index contributed by atoms with van der Waals surface area (Å²) < 4.78 is 18.5. The summed E-state index contributed by atoms with van der Waals surface area (Å²) in [5.41, 5.74) is 2.96. The quantitative estimate of drug-likeness (QED) is 0.390. The number of aromatic nitrogens is 5. The number of pyridine rings is 1. The summed E-state index contributed by atoms with van der Waals surface area (Å²) in [5.74, 6) is 2.71. The second-order valence-electron chi connectivity index (χ2n) is 7.88. The molecule has 1 saturated heterocycles. The number of nitrogens with zero attached hydrogens (tertiary/aromatic N) is 6. The molecular formula is C23H26N6O3. The number of hydrogen-bond donors (Lipinski definition) is 0. The van der Waals surface area contributed by atoms with Crippen molar-refractivity contribution in [3.63, 3.8) is 0 Å². The van der Waals surface area contributed by atoms with Crippen LogP contribution in [0.4, 0.5) is 0 Å². The molecule has 0 amide bonds. The van der Waals surface area contributed by atoms with E-state index in [4.69, 9.17) is 24.0 Å². The minimum atomic E-state index is 0.0790. The van der Waals surface area contributed by atoms with Crippen molar-refractivity contribution in [2.75, 3.05) is 26.9 Å². The van der Waals surface area contributed by atoms with Crippen LogP contribution in [0.5, 0.6) is 5.88 Å². The van der Waals surface area contributed by atoms with Crippen molar-refractivity contribution in [3.05, 3.63) is 54.3 Å². The van der Waals surface area contributed by atoms with Crippen molar-refractivity contribution in [1.82, 2.24) is 29.6 Å². The smallest absolute Gasteiger partial charge is 0.244 e. The van der Waals surface area contributed by atoms with Gasteiger partial charge in [-0.3, -0.25) is 4.90 Å². The molecule has 0 saturated carbocycles. The van der Waals surface area contributed by atoms with Crippen molar-refractivity contribution in [2.45, 2.75) is 25.4 Å². The number of methoxy groups -OCH3 is 1. The zero-order valence-corrected chi connectivity index (χ0v) is 18.3. The molecule has 9 heteroatoms. The highest BCUT2D eigenvalue weighted by Gasteiger charge is 2.32. The highest BCUT2D eigenvalue weighted by molar-refractivity contribution is 5.75. The van der Waals surface area contributed by atoms with E-state index in [0.717, 1.165) is 48.4 Å². The predicted octanol–water partition coefficient (Wildman–Crippen LogP) is 3.38. The highest BCUT2D eigenvalue weighted by atomic mass is 16.5. The first kappa shape index (κ1) is 20.6. The third kappa shape index (κ3) is 4.09. The number of likely N-dealkylation sites (tertiary alicyclic amines) is 1. The normalized spacial score (nSPS) is 16.8. The van der Waals surface area contributed by atoms with E-state index in [0.29, 0.717) is 30.8 Å². The number of rotatable bonds is 8. The fourth-order valence-electron chi connectivity index (χ4n) is 4.16. The van der Waals surface area contributed by atoms with Gasteiger partial charge in [0, 0.05) is 32.0 Å². The molecule has 1 aliphatic rings. The fraction of sp³-hybridized carbons (Fsp3) is 0.391. The van der Waals surface area contributed by atoms with Crippen LogP contribution in [0, 0.1) is 0 Å². The van der Waals surface area contributed by atoms with E-state index in [9.17, 15) is 0 Å². The molecule has 166 valence electrons. The lowest BCUT2D eigenvalue weighted by atomic mass is 10.2. The van der Waals surface area contributed by atoms with Gasteiger partial charge in [-0.05, 0) is 37.6 Å². The van der Waals surface area contributed by atoms with Crippen molar-refractivity contribution < 1.29 is 14.0 Å². The molecule has 4 heterocycles. The molecule has 5 rings (SSSR count). The molecule has 1 atom stereocenters. The third-order valence-corrected chi connectivity index (χ3v) is 5.85. The van der Waals surface area contributed by atoms with Crippen LogP contribution in [0.2, 0.25) is 0 Å². The van der Waals surface area contributed by atoms with Gasteiger partial charge in [-0.2, -0.15) is 4.98 Å². The van der Waals surface area contributed by atoms with E-state index < -0.39 is 0 Å². The number of imidazole rings is 1. The van der Waals surface area contributed by atoms with Gasteiger partial charge in [-0.25, -0.2) is 9.97 Å². The molecule has 1 unspecified atom stereocenters. The first-order valence-corrected chi connectivity index (χ1v) is 10.8. The van der Waals surface area contributed by atoms with Gasteiger partial charge >= 0.3 is 0 Å². The van der Waals surface area contributed by atoms with E-state index in [-0.39, 0.29) is 6.04 Å². The molecule has 1 fully saturated rings. The molecule has 0 N–H and O–H groups in total. The van der Waals surface area contributed by atoms with Gasteiger partial charge in [0.1, 0.15) is 12.4 Å². The molecular weight excluding hydrogens is 408 g/mol. The summed E-state index contributed by atoms with van der Waals surface area (Å²) in [5, 5.41) is 4.22. The molecule has 4 aromatic rings. The average molecular weight is 435 g/mol. The zero-order chi connectivity index (χ0) is 21.9. The van der Waals surface area contributed by atoms with Crippen molar-refractivity contribution in [3.8, 4) is 17.3 Å². The number of aryl methyl sites for hydroxylation is 1. The van der Waals surface area contributed by atoms with Crippen molar-refractivity contribution >= 4 is 11.0 Å². The summed E-state index contributed by atoms with van der Waals surface area (Å²) in [6.45, 7) is 2.64. The van der Waals surface area contributed by atoms with E-state index in [1.807, 2.05) is 30.3 Å². The standard InChI is InChI=1S/C23H26N6O3/c1-28-18-7-4-3-6-17(18)25-20(28)15-29-11-5-8-19(29)23-26-22(27-32-23)16-9-10-24-21(14-16)31-13-12-30-2/h3-4,6-7,9-10,14,19H,5,8,11-13,15H2,1-2H3. The minimum absolute atomic E-state index is 0.0790. The fourth-order valence-corrected chi connectivity index (χ4v) is 4.16. The Balaban J connectivity index is 1.33. The molecule has 9 nitrogen and oxygen atoms in total. The Labute approximate surface area is 186 Å². The Morgan fingerprint density at radius 3 is 2.94 bits per heavy atom. The summed E-state index contributed by atoms with van der Waals surface area (Å²) in [7, 11) is 3.70. The zero-order valence-electron chi connectivity index (χ0n) is 18.3. The van der Waals surface area contributed by atoms with Gasteiger partial charge in [0.25, 0.3) is 0 Å². The van der Waals surface area contributed by atoms with Gasteiger partial charge in [-0.15, -0.1) is 0 Å². The molecule has 0 radical (unpaired) electrons. The summed E-state index contributed by atoms with van der Waals surface area (Å²) in [6.07, 6.45) is 3.74. The third-order valence-electron chi connectivity index (χ3n) is 5.85. The van der Waals surface area contributed by atoms with Crippen LogP contribution in [-0.2, 0) is 18.3 Å². The second-order valence-corrected chi connectivity index (χ2v) is 7.88. The van der Waals surface area contributed by atoms with E-state index in [2.05, 4.69) is 32.7 Å². The number of benzene rings is 1. The molecule has 3 aromatic heterocycles. The SMILES string of the molecule is COCCOc1cc(-c2noc(C3CCCN3Cc3nc4ccccc4n3C)n2)ccn1. The highest BCUT2D eigenvalue weighted by Crippen LogP contribution is 2.33. The van der Waals surface area contributed by atoms with Gasteiger partial charge in [0.15, 0.2) is 0 Å². The lowest BCUT2D eigenvalue weighted by molar-refractivity contribution is 0.144. The molecule has 1 aromatic carbocycles. The van der Waals surface area contributed by atoms with Gasteiger partial charge in [0.2, 0.25) is 17.6 Å². The van der Waals surface area contributed by atoms with E-state index in [1.165, 1.54) is 0 Å². The van der Waals surface area contributed by atoms with Crippen molar-refractivity contribution in [1.29, 1.82) is 0 Å². The Bertz CT molecular complexity index is 1200. The summed E-state index contributed by atoms with van der Waals surface area (Å²) in [6, 6.07) is 12.0. The maximum absolute atomic E-state index is 5.69. The van der Waals surface area contributed by atoms with Crippen LogP contribution < -0.4 is 4.74 Å². The Hall–Kier alpha value is -3.30. The van der Waals surface area contributed by atoms with Crippen LogP contribution in [0.25, 0.3) is 22.4 Å². The maximum Gasteiger partial charge on any atom is 0.244 e.